The van der Waals surface area contributed by atoms with E-state index >= 15 is 0 Å². The Kier molecular flexibility index (Phi) is 5.16. The van der Waals surface area contributed by atoms with E-state index in [0.717, 1.165) is 4.90 Å². The molecule has 2 amide bonds. The first-order chi connectivity index (χ1) is 8.95. The largest absolute Gasteiger partial charge is 0.480 e. The predicted octanol–water partition coefficient (Wildman–Crippen LogP) is 0.494. The number of rotatable bonds is 4. The minimum Gasteiger partial charge on any atom is -0.480 e. The second kappa shape index (κ2) is 6.62. The number of carbonyl (C=O) groups is 3. The maximum Gasteiger partial charge on any atom is 0.408 e. The fraction of sp³-hybridized carbons (Fsp3) is 0.545. The molecule has 0 spiro atoms. The fourth-order valence-electron chi connectivity index (χ4n) is 1.90. The third-order valence-corrected chi connectivity index (χ3v) is 2.77. The molecule has 0 aliphatic carbocycles. The average Bonchev–Trinajstić information content (AvgIpc) is 2.35. The van der Waals surface area contributed by atoms with Crippen molar-refractivity contribution in [2.75, 3.05) is 13.2 Å². The number of hydrogen-bond donors (Lipinski definition) is 3. The highest BCUT2D eigenvalue weighted by Gasteiger charge is 2.36. The van der Waals surface area contributed by atoms with Crippen LogP contribution in [0.2, 0.25) is 0 Å². The van der Waals surface area contributed by atoms with Crippen LogP contribution in [0.3, 0.4) is 0 Å². The number of likely N-dealkylation sites (tertiary alicyclic amines) is 1. The van der Waals surface area contributed by atoms with Crippen LogP contribution in [0.5, 0.6) is 0 Å². The summed E-state index contributed by atoms with van der Waals surface area (Å²) >= 11 is 0. The Morgan fingerprint density at radius 1 is 1.37 bits per heavy atom. The molecule has 0 saturated carbocycles. The summed E-state index contributed by atoms with van der Waals surface area (Å²) in [7, 11) is 0. The van der Waals surface area contributed by atoms with Gasteiger partial charge in [0.15, 0.2) is 0 Å². The molecule has 0 aromatic carbocycles. The molecule has 0 aromatic heterocycles. The van der Waals surface area contributed by atoms with Crippen molar-refractivity contribution in [3.05, 3.63) is 12.7 Å². The first-order valence-corrected chi connectivity index (χ1v) is 5.72. The Bertz CT molecular complexity index is 383. The second-order valence-electron chi connectivity index (χ2n) is 4.09. The summed E-state index contributed by atoms with van der Waals surface area (Å²) < 4.78 is 4.71. The van der Waals surface area contributed by atoms with E-state index < -0.39 is 30.2 Å². The number of carbonyl (C=O) groups excluding carboxylic acids is 1. The number of nitrogens with one attached hydrogen (secondary N) is 1. The topological polar surface area (TPSA) is 116 Å². The molecule has 106 valence electrons. The van der Waals surface area contributed by atoms with Crippen molar-refractivity contribution < 1.29 is 29.3 Å². The zero-order chi connectivity index (χ0) is 14.4. The standard InChI is InChI=1S/C11H16N2O6/c1-2-5-19-10(16)12-7-3-4-8(9(14)15)13(6-7)11(17)18/h2,7-8H,1,3-6H2,(H,12,16)(H,14,15)(H,17,18)/t7-,8+/m1/s1. The van der Waals surface area contributed by atoms with Crippen molar-refractivity contribution in [1.29, 1.82) is 0 Å². The van der Waals surface area contributed by atoms with Gasteiger partial charge in [-0.3, -0.25) is 4.90 Å². The van der Waals surface area contributed by atoms with Gasteiger partial charge in [0.25, 0.3) is 0 Å². The van der Waals surface area contributed by atoms with Crippen LogP contribution < -0.4 is 5.32 Å². The van der Waals surface area contributed by atoms with Crippen LogP contribution in [-0.2, 0) is 9.53 Å². The van der Waals surface area contributed by atoms with Crippen molar-refractivity contribution in [1.82, 2.24) is 10.2 Å². The predicted molar refractivity (Wildman–Crippen MR) is 63.9 cm³/mol. The van der Waals surface area contributed by atoms with E-state index in [-0.39, 0.29) is 19.6 Å². The molecular formula is C11H16N2O6. The Morgan fingerprint density at radius 2 is 2.05 bits per heavy atom. The van der Waals surface area contributed by atoms with Crippen LogP contribution in [0, 0.1) is 0 Å². The average molecular weight is 272 g/mol. The molecule has 1 heterocycles. The maximum atomic E-state index is 11.3. The lowest BCUT2D eigenvalue weighted by Gasteiger charge is -2.35. The lowest BCUT2D eigenvalue weighted by Crippen LogP contribution is -2.56. The lowest BCUT2D eigenvalue weighted by atomic mass is 9.99. The van der Waals surface area contributed by atoms with Gasteiger partial charge in [-0.2, -0.15) is 0 Å². The van der Waals surface area contributed by atoms with Gasteiger partial charge in [0.1, 0.15) is 12.6 Å². The highest BCUT2D eigenvalue weighted by molar-refractivity contribution is 5.79. The Morgan fingerprint density at radius 3 is 2.58 bits per heavy atom. The number of piperidine rings is 1. The number of hydrogen-bond acceptors (Lipinski definition) is 4. The fourth-order valence-corrected chi connectivity index (χ4v) is 1.90. The van der Waals surface area contributed by atoms with Gasteiger partial charge >= 0.3 is 18.2 Å². The van der Waals surface area contributed by atoms with Crippen molar-refractivity contribution in [2.24, 2.45) is 0 Å². The number of amides is 2. The highest BCUT2D eigenvalue weighted by atomic mass is 16.5. The van der Waals surface area contributed by atoms with Gasteiger partial charge in [-0.25, -0.2) is 14.4 Å². The molecule has 8 nitrogen and oxygen atoms in total. The zero-order valence-electron chi connectivity index (χ0n) is 10.2. The molecule has 0 radical (unpaired) electrons. The third-order valence-electron chi connectivity index (χ3n) is 2.77. The number of aliphatic carboxylic acids is 1. The molecule has 1 aliphatic heterocycles. The lowest BCUT2D eigenvalue weighted by molar-refractivity contribution is -0.143. The maximum absolute atomic E-state index is 11.3. The van der Waals surface area contributed by atoms with Gasteiger partial charge in [-0.05, 0) is 12.8 Å². The summed E-state index contributed by atoms with van der Waals surface area (Å²) in [6.07, 6.45) is -0.0648. The van der Waals surface area contributed by atoms with E-state index in [1.54, 1.807) is 0 Å². The van der Waals surface area contributed by atoms with Crippen LogP contribution in [0.1, 0.15) is 12.8 Å². The van der Waals surface area contributed by atoms with E-state index in [0.29, 0.717) is 6.42 Å². The Balaban J connectivity index is 2.56. The summed E-state index contributed by atoms with van der Waals surface area (Å²) in [5.74, 6) is -1.19. The van der Waals surface area contributed by atoms with E-state index in [1.807, 2.05) is 0 Å². The number of carboxylic acid groups (broad SMARTS) is 2. The zero-order valence-corrected chi connectivity index (χ0v) is 10.2. The number of alkyl carbamates (subject to hydrolysis) is 1. The molecule has 1 saturated heterocycles. The van der Waals surface area contributed by atoms with Crippen molar-refractivity contribution in [3.8, 4) is 0 Å². The quantitative estimate of drug-likeness (QED) is 0.641. The van der Waals surface area contributed by atoms with Crippen LogP contribution in [0.4, 0.5) is 9.59 Å². The van der Waals surface area contributed by atoms with E-state index in [9.17, 15) is 14.4 Å². The first kappa shape index (κ1) is 14.8. The first-order valence-electron chi connectivity index (χ1n) is 5.72. The molecule has 19 heavy (non-hydrogen) atoms. The molecule has 0 bridgehead atoms. The molecule has 0 unspecified atom stereocenters. The minimum absolute atomic E-state index is 0.0545. The molecular weight excluding hydrogens is 256 g/mol. The summed E-state index contributed by atoms with van der Waals surface area (Å²) in [5, 5.41) is 20.4. The molecule has 2 atom stereocenters. The van der Waals surface area contributed by atoms with Crippen LogP contribution in [0.25, 0.3) is 0 Å². The van der Waals surface area contributed by atoms with Gasteiger partial charge in [0.05, 0.1) is 6.04 Å². The summed E-state index contributed by atoms with van der Waals surface area (Å²) in [4.78, 5) is 34.0. The Labute approximate surface area is 109 Å². The molecule has 1 fully saturated rings. The molecule has 3 N–H and O–H groups in total. The summed E-state index contributed by atoms with van der Waals surface area (Å²) in [6, 6.07) is -1.52. The normalized spacial score (nSPS) is 22.4. The van der Waals surface area contributed by atoms with Gasteiger partial charge < -0.3 is 20.3 Å². The molecule has 1 rings (SSSR count). The monoisotopic (exact) mass is 272 g/mol. The van der Waals surface area contributed by atoms with Gasteiger partial charge in [0.2, 0.25) is 0 Å². The van der Waals surface area contributed by atoms with E-state index in [1.165, 1.54) is 6.08 Å². The number of carboxylic acids is 1. The molecule has 8 heteroatoms. The molecule has 0 aromatic rings. The third kappa shape index (κ3) is 4.16. The van der Waals surface area contributed by atoms with Gasteiger partial charge in [-0.15, -0.1) is 0 Å². The van der Waals surface area contributed by atoms with Crippen molar-refractivity contribution in [2.45, 2.75) is 24.9 Å². The van der Waals surface area contributed by atoms with E-state index in [2.05, 4.69) is 11.9 Å². The smallest absolute Gasteiger partial charge is 0.408 e. The van der Waals surface area contributed by atoms with Gasteiger partial charge in [0, 0.05) is 6.54 Å². The summed E-state index contributed by atoms with van der Waals surface area (Å²) in [5.41, 5.74) is 0. The molecule has 1 aliphatic rings. The number of ether oxygens (including phenoxy) is 1. The second-order valence-corrected chi connectivity index (χ2v) is 4.09. The van der Waals surface area contributed by atoms with Gasteiger partial charge in [-0.1, -0.05) is 12.7 Å². The minimum atomic E-state index is -1.32. The SMILES string of the molecule is C=CCOC(=O)N[C@@H]1CC[C@@H](C(=O)O)N(C(=O)O)C1. The van der Waals surface area contributed by atoms with Crippen LogP contribution in [-0.4, -0.2) is 58.5 Å². The highest BCUT2D eigenvalue weighted by Crippen LogP contribution is 2.18. The van der Waals surface area contributed by atoms with Crippen LogP contribution >= 0.6 is 0 Å². The number of nitrogens with zero attached hydrogens (tertiary/aromatic N) is 1. The van der Waals surface area contributed by atoms with E-state index in [4.69, 9.17) is 14.9 Å². The van der Waals surface area contributed by atoms with Crippen LogP contribution in [0.15, 0.2) is 12.7 Å². The van der Waals surface area contributed by atoms with Crippen molar-refractivity contribution in [3.63, 3.8) is 0 Å². The Hall–Kier alpha value is -2.25. The summed E-state index contributed by atoms with van der Waals surface area (Å²) in [6.45, 7) is 3.37. The van der Waals surface area contributed by atoms with Crippen molar-refractivity contribution >= 4 is 18.2 Å².